The number of nitrogens with zero attached hydrogens (tertiary/aromatic N) is 4. The Hall–Kier alpha value is -1.34. The Kier molecular flexibility index (Phi) is 6.25. The summed E-state index contributed by atoms with van der Waals surface area (Å²) < 4.78 is 18.4. The van der Waals surface area contributed by atoms with Crippen molar-refractivity contribution in [2.24, 2.45) is 0 Å². The molecular weight excluding hydrogens is 293 g/mol. The number of fused-ring (bicyclic) bond motifs is 1. The second-order valence-electron chi connectivity index (χ2n) is 4.07. The maximum atomic E-state index is 5.74. The Morgan fingerprint density at radius 3 is 2.67 bits per heavy atom. The summed E-state index contributed by atoms with van der Waals surface area (Å²) >= 11 is 0. The standard InChI is InChI=1S/C12H20N5O3P/c1-3-19-21(20-4-2)9-18-6-5-17-8-16-10-11(13)14-7-15-12(10)17/h7-8H,3-6,9H2,1-2H3,(H2,13,14,15). The largest absolute Gasteiger partial charge is 0.382 e. The maximum Gasteiger partial charge on any atom is 0.198 e. The summed E-state index contributed by atoms with van der Waals surface area (Å²) in [4.78, 5) is 12.3. The number of nitrogen functional groups attached to an aromatic ring is 1. The third-order valence-electron chi connectivity index (χ3n) is 2.65. The van der Waals surface area contributed by atoms with Crippen LogP contribution in [-0.4, -0.2) is 45.7 Å². The van der Waals surface area contributed by atoms with Crippen molar-refractivity contribution in [3.8, 4) is 0 Å². The Balaban J connectivity index is 1.83. The number of ether oxygens (including phenoxy) is 1. The molecule has 21 heavy (non-hydrogen) atoms. The van der Waals surface area contributed by atoms with E-state index in [1.807, 2.05) is 18.4 Å². The topological polar surface area (TPSA) is 97.3 Å². The third kappa shape index (κ3) is 4.31. The van der Waals surface area contributed by atoms with Gasteiger partial charge in [-0.25, -0.2) is 15.0 Å². The lowest BCUT2D eigenvalue weighted by Gasteiger charge is -2.15. The van der Waals surface area contributed by atoms with E-state index in [2.05, 4.69) is 15.0 Å². The van der Waals surface area contributed by atoms with Crippen LogP contribution in [-0.2, 0) is 20.3 Å². The molecule has 0 unspecified atom stereocenters. The van der Waals surface area contributed by atoms with Gasteiger partial charge in [-0.1, -0.05) is 0 Å². The van der Waals surface area contributed by atoms with Crippen molar-refractivity contribution < 1.29 is 13.8 Å². The zero-order valence-corrected chi connectivity index (χ0v) is 13.1. The highest BCUT2D eigenvalue weighted by molar-refractivity contribution is 7.47. The van der Waals surface area contributed by atoms with Crippen LogP contribution < -0.4 is 5.73 Å². The lowest BCUT2D eigenvalue weighted by Crippen LogP contribution is -2.07. The highest BCUT2D eigenvalue weighted by Crippen LogP contribution is 2.37. The van der Waals surface area contributed by atoms with Crippen LogP contribution in [0.4, 0.5) is 5.82 Å². The normalized spacial score (nSPS) is 11.6. The smallest absolute Gasteiger partial charge is 0.198 e. The average Bonchev–Trinajstić information content (AvgIpc) is 2.89. The highest BCUT2D eigenvalue weighted by Gasteiger charge is 2.10. The minimum absolute atomic E-state index is 0.385. The van der Waals surface area contributed by atoms with Gasteiger partial charge >= 0.3 is 0 Å². The van der Waals surface area contributed by atoms with Crippen LogP contribution in [0, 0.1) is 0 Å². The van der Waals surface area contributed by atoms with E-state index in [0.717, 1.165) is 0 Å². The molecule has 0 spiro atoms. The van der Waals surface area contributed by atoms with E-state index in [-0.39, 0.29) is 0 Å². The quantitative estimate of drug-likeness (QED) is 0.556. The molecule has 8 nitrogen and oxygen atoms in total. The van der Waals surface area contributed by atoms with Crippen molar-refractivity contribution in [3.63, 3.8) is 0 Å². The molecule has 0 aliphatic heterocycles. The summed E-state index contributed by atoms with van der Waals surface area (Å²) in [6.07, 6.45) is 3.58. The van der Waals surface area contributed by atoms with E-state index in [0.29, 0.717) is 49.7 Å². The molecule has 9 heteroatoms. The van der Waals surface area contributed by atoms with Gasteiger partial charge in [0.25, 0.3) is 0 Å². The van der Waals surface area contributed by atoms with Crippen molar-refractivity contribution in [2.75, 3.05) is 31.9 Å². The van der Waals surface area contributed by atoms with Crippen LogP contribution in [0.2, 0.25) is 0 Å². The number of rotatable bonds is 9. The zero-order valence-electron chi connectivity index (χ0n) is 12.2. The molecule has 0 saturated carbocycles. The van der Waals surface area contributed by atoms with Gasteiger partial charge < -0.3 is 24.1 Å². The SMILES string of the molecule is CCOP(COCCn1cnc2c(N)ncnc21)OCC. The van der Waals surface area contributed by atoms with Gasteiger partial charge in [-0.05, 0) is 13.8 Å². The minimum Gasteiger partial charge on any atom is -0.382 e. The van der Waals surface area contributed by atoms with E-state index < -0.39 is 8.38 Å². The average molecular weight is 313 g/mol. The predicted molar refractivity (Wildman–Crippen MR) is 80.7 cm³/mol. The summed E-state index contributed by atoms with van der Waals surface area (Å²) in [6.45, 7) is 6.28. The summed E-state index contributed by atoms with van der Waals surface area (Å²) in [5.41, 5.74) is 7.07. The molecule has 0 radical (unpaired) electrons. The highest BCUT2D eigenvalue weighted by atomic mass is 31.2. The molecule has 0 amide bonds. The summed E-state index contributed by atoms with van der Waals surface area (Å²) in [7, 11) is -0.962. The maximum absolute atomic E-state index is 5.74. The molecule has 0 aliphatic rings. The van der Waals surface area contributed by atoms with Crippen LogP contribution in [0.15, 0.2) is 12.7 Å². The fourth-order valence-corrected chi connectivity index (χ4v) is 2.84. The Bertz CT molecular complexity index is 559. The van der Waals surface area contributed by atoms with E-state index in [4.69, 9.17) is 19.5 Å². The minimum atomic E-state index is -0.962. The lowest BCUT2D eigenvalue weighted by atomic mass is 10.5. The molecule has 0 fully saturated rings. The number of nitrogens with two attached hydrogens (primary N) is 1. The lowest BCUT2D eigenvalue weighted by molar-refractivity contribution is 0.145. The molecule has 2 aromatic rings. The molecule has 0 aliphatic carbocycles. The number of imidazole rings is 1. The number of aromatic nitrogens is 4. The number of anilines is 1. The summed E-state index contributed by atoms with van der Waals surface area (Å²) in [6, 6.07) is 0. The van der Waals surface area contributed by atoms with Crippen LogP contribution >= 0.6 is 8.38 Å². The molecule has 116 valence electrons. The van der Waals surface area contributed by atoms with E-state index in [9.17, 15) is 0 Å². The van der Waals surface area contributed by atoms with Gasteiger partial charge in [0.05, 0.1) is 26.1 Å². The molecular formula is C12H20N5O3P. The molecule has 0 atom stereocenters. The van der Waals surface area contributed by atoms with E-state index in [1.54, 1.807) is 6.33 Å². The van der Waals surface area contributed by atoms with E-state index >= 15 is 0 Å². The Labute approximate surface area is 124 Å². The molecule has 0 bridgehead atoms. The van der Waals surface area contributed by atoms with Gasteiger partial charge in [0, 0.05) is 6.54 Å². The second kappa shape index (κ2) is 8.19. The zero-order chi connectivity index (χ0) is 15.1. The van der Waals surface area contributed by atoms with Gasteiger partial charge in [0.2, 0.25) is 0 Å². The van der Waals surface area contributed by atoms with Crippen molar-refractivity contribution in [2.45, 2.75) is 20.4 Å². The molecule has 2 rings (SSSR count). The van der Waals surface area contributed by atoms with Crippen molar-refractivity contribution in [1.82, 2.24) is 19.5 Å². The third-order valence-corrected chi connectivity index (χ3v) is 4.13. The fourth-order valence-electron chi connectivity index (χ4n) is 1.76. The summed E-state index contributed by atoms with van der Waals surface area (Å²) in [5.74, 6) is 0.385. The Morgan fingerprint density at radius 1 is 1.19 bits per heavy atom. The first kappa shape index (κ1) is 16.0. The van der Waals surface area contributed by atoms with Crippen LogP contribution in [0.1, 0.15) is 13.8 Å². The molecule has 2 heterocycles. The van der Waals surface area contributed by atoms with Crippen molar-refractivity contribution in [1.29, 1.82) is 0 Å². The predicted octanol–water partition coefficient (Wildman–Crippen LogP) is 1.77. The van der Waals surface area contributed by atoms with Gasteiger partial charge in [-0.15, -0.1) is 0 Å². The van der Waals surface area contributed by atoms with Gasteiger partial charge in [0.1, 0.15) is 18.2 Å². The molecule has 0 saturated heterocycles. The number of hydrogen-bond acceptors (Lipinski definition) is 7. The first-order valence-electron chi connectivity index (χ1n) is 6.78. The number of hydrogen-bond donors (Lipinski definition) is 1. The first-order chi connectivity index (χ1) is 10.3. The van der Waals surface area contributed by atoms with Gasteiger partial charge in [0.15, 0.2) is 19.8 Å². The molecule has 0 aromatic carbocycles. The fraction of sp³-hybridized carbons (Fsp3) is 0.583. The van der Waals surface area contributed by atoms with Crippen LogP contribution in [0.25, 0.3) is 11.2 Å². The van der Waals surface area contributed by atoms with Crippen LogP contribution in [0.5, 0.6) is 0 Å². The van der Waals surface area contributed by atoms with Crippen molar-refractivity contribution in [3.05, 3.63) is 12.7 Å². The molecule has 2 N–H and O–H groups in total. The monoisotopic (exact) mass is 313 g/mol. The summed E-state index contributed by atoms with van der Waals surface area (Å²) in [5, 5.41) is 0. The molecule has 2 aromatic heterocycles. The van der Waals surface area contributed by atoms with Gasteiger partial charge in [-0.3, -0.25) is 0 Å². The first-order valence-corrected chi connectivity index (χ1v) is 8.15. The van der Waals surface area contributed by atoms with Crippen LogP contribution in [0.3, 0.4) is 0 Å². The second-order valence-corrected chi connectivity index (χ2v) is 5.51. The van der Waals surface area contributed by atoms with Crippen molar-refractivity contribution >= 4 is 25.4 Å². The van der Waals surface area contributed by atoms with E-state index in [1.165, 1.54) is 6.33 Å². The Morgan fingerprint density at radius 2 is 1.95 bits per heavy atom. The van der Waals surface area contributed by atoms with Gasteiger partial charge in [-0.2, -0.15) is 0 Å².